The lowest BCUT2D eigenvalue weighted by molar-refractivity contribution is -0.385. The molecule has 1 aromatic carbocycles. The summed E-state index contributed by atoms with van der Waals surface area (Å²) in [6.07, 6.45) is 0.974. The van der Waals surface area contributed by atoms with Crippen molar-refractivity contribution in [2.24, 2.45) is 5.41 Å². The molecule has 0 spiro atoms. The maximum atomic E-state index is 12.9. The number of carbonyl (C=O) groups is 2. The van der Waals surface area contributed by atoms with Gasteiger partial charge in [-0.1, -0.05) is 0 Å². The van der Waals surface area contributed by atoms with Crippen LogP contribution >= 0.6 is 0 Å². The number of piperidine rings is 1. The van der Waals surface area contributed by atoms with E-state index in [4.69, 9.17) is 9.47 Å². The van der Waals surface area contributed by atoms with Gasteiger partial charge in [0, 0.05) is 19.2 Å². The number of nitro groups is 1. The first-order valence-corrected chi connectivity index (χ1v) is 7.92. The minimum Gasteiger partial charge on any atom is -0.486 e. The number of nitrogens with zero attached hydrogens (tertiary/aromatic N) is 2. The minimum absolute atomic E-state index is 0.00671. The molecule has 1 saturated heterocycles. The standard InChI is InChI=1S/C16H18N2O7/c1-16(15(20)21)3-2-4-17(9-16)14(19)10-7-12-13(25-6-5-24-12)8-11(10)18(22)23/h7-8H,2-6,9H2,1H3,(H,20,21). The molecule has 9 nitrogen and oxygen atoms in total. The molecule has 1 aromatic rings. The number of benzene rings is 1. The topological polar surface area (TPSA) is 119 Å². The van der Waals surface area contributed by atoms with Gasteiger partial charge in [-0.2, -0.15) is 0 Å². The van der Waals surface area contributed by atoms with E-state index in [0.717, 1.165) is 0 Å². The number of hydrogen-bond donors (Lipinski definition) is 1. The first kappa shape index (κ1) is 17.0. The van der Waals surface area contributed by atoms with Gasteiger partial charge in [0.2, 0.25) is 0 Å². The quantitative estimate of drug-likeness (QED) is 0.650. The maximum Gasteiger partial charge on any atom is 0.311 e. The Morgan fingerprint density at radius 3 is 2.52 bits per heavy atom. The normalized spacial score (nSPS) is 22.4. The molecule has 0 radical (unpaired) electrons. The van der Waals surface area contributed by atoms with Crippen molar-refractivity contribution in [2.75, 3.05) is 26.3 Å². The molecule has 134 valence electrons. The van der Waals surface area contributed by atoms with Crippen LogP contribution in [0.5, 0.6) is 11.5 Å². The molecule has 2 heterocycles. The number of carboxylic acids is 1. The van der Waals surface area contributed by atoms with E-state index >= 15 is 0 Å². The zero-order valence-corrected chi connectivity index (χ0v) is 13.7. The van der Waals surface area contributed by atoms with Crippen molar-refractivity contribution in [2.45, 2.75) is 19.8 Å². The molecule has 0 saturated carbocycles. The summed E-state index contributed by atoms with van der Waals surface area (Å²) in [5, 5.41) is 20.8. The number of carboxylic acid groups (broad SMARTS) is 1. The predicted octanol–water partition coefficient (Wildman–Crippen LogP) is 1.69. The Kier molecular flexibility index (Phi) is 4.23. The van der Waals surface area contributed by atoms with Gasteiger partial charge in [0.05, 0.1) is 16.4 Å². The van der Waals surface area contributed by atoms with Gasteiger partial charge in [-0.25, -0.2) is 0 Å². The molecule has 1 N–H and O–H groups in total. The first-order chi connectivity index (χ1) is 11.8. The lowest BCUT2D eigenvalue weighted by Crippen LogP contribution is -2.48. The Bertz CT molecular complexity index is 748. The van der Waals surface area contributed by atoms with Gasteiger partial charge in [0.15, 0.2) is 11.5 Å². The summed E-state index contributed by atoms with van der Waals surface area (Å²) in [7, 11) is 0. The third-order valence-electron chi connectivity index (χ3n) is 4.59. The number of likely N-dealkylation sites (tertiary alicyclic amines) is 1. The van der Waals surface area contributed by atoms with Crippen LogP contribution in [-0.4, -0.2) is 53.1 Å². The van der Waals surface area contributed by atoms with Crippen LogP contribution in [0.3, 0.4) is 0 Å². The zero-order chi connectivity index (χ0) is 18.2. The number of carbonyl (C=O) groups excluding carboxylic acids is 1. The second-order valence-corrected chi connectivity index (χ2v) is 6.47. The summed E-state index contributed by atoms with van der Waals surface area (Å²) >= 11 is 0. The second-order valence-electron chi connectivity index (χ2n) is 6.47. The van der Waals surface area contributed by atoms with E-state index in [2.05, 4.69) is 0 Å². The molecular weight excluding hydrogens is 332 g/mol. The predicted molar refractivity (Wildman–Crippen MR) is 85.0 cm³/mol. The molecule has 9 heteroatoms. The highest BCUT2D eigenvalue weighted by molar-refractivity contribution is 5.99. The van der Waals surface area contributed by atoms with Gasteiger partial charge in [-0.05, 0) is 19.8 Å². The zero-order valence-electron chi connectivity index (χ0n) is 13.7. The summed E-state index contributed by atoms with van der Waals surface area (Å²) in [6.45, 7) is 2.51. The molecule has 0 bridgehead atoms. The number of nitro benzene ring substituents is 1. The van der Waals surface area contributed by atoms with Crippen LogP contribution in [0.25, 0.3) is 0 Å². The number of ether oxygens (including phenoxy) is 2. The van der Waals surface area contributed by atoms with Crippen molar-refractivity contribution in [1.82, 2.24) is 4.90 Å². The fraction of sp³-hybridized carbons (Fsp3) is 0.500. The van der Waals surface area contributed by atoms with Crippen LogP contribution in [0.4, 0.5) is 5.69 Å². The van der Waals surface area contributed by atoms with Crippen molar-refractivity contribution in [1.29, 1.82) is 0 Å². The summed E-state index contributed by atoms with van der Waals surface area (Å²) in [5.74, 6) is -1.06. The van der Waals surface area contributed by atoms with Crippen molar-refractivity contribution in [3.8, 4) is 11.5 Å². The summed E-state index contributed by atoms with van der Waals surface area (Å²) in [4.78, 5) is 36.4. The van der Waals surface area contributed by atoms with E-state index in [0.29, 0.717) is 26.0 Å². The molecule has 1 unspecified atom stereocenters. The molecule has 1 amide bonds. The highest BCUT2D eigenvalue weighted by atomic mass is 16.6. The van der Waals surface area contributed by atoms with E-state index in [1.165, 1.54) is 17.0 Å². The molecule has 3 rings (SSSR count). The maximum absolute atomic E-state index is 12.9. The third-order valence-corrected chi connectivity index (χ3v) is 4.59. The van der Waals surface area contributed by atoms with E-state index in [1.807, 2.05) is 0 Å². The molecule has 1 fully saturated rings. The summed E-state index contributed by atoms with van der Waals surface area (Å²) in [5.41, 5.74) is -1.56. The van der Waals surface area contributed by atoms with E-state index in [9.17, 15) is 24.8 Å². The minimum atomic E-state index is -1.06. The monoisotopic (exact) mass is 350 g/mol. The van der Waals surface area contributed by atoms with Crippen LogP contribution in [0.1, 0.15) is 30.1 Å². The van der Waals surface area contributed by atoms with Crippen molar-refractivity contribution in [3.63, 3.8) is 0 Å². The van der Waals surface area contributed by atoms with E-state index in [-0.39, 0.29) is 35.9 Å². The van der Waals surface area contributed by atoms with Gasteiger partial charge < -0.3 is 19.5 Å². The summed E-state index contributed by atoms with van der Waals surface area (Å²) < 4.78 is 10.7. The average molecular weight is 350 g/mol. The van der Waals surface area contributed by atoms with Gasteiger partial charge >= 0.3 is 5.97 Å². The van der Waals surface area contributed by atoms with E-state index < -0.39 is 22.2 Å². The number of aliphatic carboxylic acids is 1. The number of amides is 1. The van der Waals surface area contributed by atoms with Crippen molar-refractivity contribution < 1.29 is 29.1 Å². The van der Waals surface area contributed by atoms with Crippen molar-refractivity contribution >= 4 is 17.6 Å². The van der Waals surface area contributed by atoms with Crippen LogP contribution in [0, 0.1) is 15.5 Å². The number of fused-ring (bicyclic) bond motifs is 1. The Labute approximate surface area is 143 Å². The fourth-order valence-electron chi connectivity index (χ4n) is 3.16. The highest BCUT2D eigenvalue weighted by Crippen LogP contribution is 2.38. The summed E-state index contributed by atoms with van der Waals surface area (Å²) in [6, 6.07) is 2.49. The second kappa shape index (κ2) is 6.23. The Balaban J connectivity index is 1.96. The van der Waals surface area contributed by atoms with Crippen LogP contribution in [-0.2, 0) is 4.79 Å². The average Bonchev–Trinajstić information content (AvgIpc) is 2.59. The van der Waals surface area contributed by atoms with E-state index in [1.54, 1.807) is 6.92 Å². The molecule has 0 aliphatic carbocycles. The lowest BCUT2D eigenvalue weighted by Gasteiger charge is -2.37. The largest absolute Gasteiger partial charge is 0.486 e. The molecular formula is C16H18N2O7. The Morgan fingerprint density at radius 1 is 1.28 bits per heavy atom. The van der Waals surface area contributed by atoms with Crippen molar-refractivity contribution in [3.05, 3.63) is 27.8 Å². The smallest absolute Gasteiger partial charge is 0.311 e. The highest BCUT2D eigenvalue weighted by Gasteiger charge is 2.41. The number of rotatable bonds is 3. The number of hydrogen-bond acceptors (Lipinski definition) is 6. The fourth-order valence-corrected chi connectivity index (χ4v) is 3.16. The van der Waals surface area contributed by atoms with Gasteiger partial charge in [-0.3, -0.25) is 19.7 Å². The van der Waals surface area contributed by atoms with Crippen LogP contribution < -0.4 is 9.47 Å². The first-order valence-electron chi connectivity index (χ1n) is 7.92. The Morgan fingerprint density at radius 2 is 1.92 bits per heavy atom. The van der Waals surface area contributed by atoms with Gasteiger partial charge in [-0.15, -0.1) is 0 Å². The van der Waals surface area contributed by atoms with Gasteiger partial charge in [0.1, 0.15) is 18.8 Å². The molecule has 1 atom stereocenters. The molecule has 25 heavy (non-hydrogen) atoms. The Hall–Kier alpha value is -2.84. The third kappa shape index (κ3) is 3.09. The van der Waals surface area contributed by atoms with Gasteiger partial charge in [0.25, 0.3) is 11.6 Å². The lowest BCUT2D eigenvalue weighted by atomic mass is 9.82. The molecule has 0 aromatic heterocycles. The SMILES string of the molecule is CC1(C(=O)O)CCCN(C(=O)c2cc3c(cc2[N+](=O)[O-])OCCO3)C1. The van der Waals surface area contributed by atoms with Crippen LogP contribution in [0.15, 0.2) is 12.1 Å². The molecule has 2 aliphatic rings. The van der Waals surface area contributed by atoms with Crippen LogP contribution in [0.2, 0.25) is 0 Å². The molecule has 2 aliphatic heterocycles.